The Morgan fingerprint density at radius 2 is 2.00 bits per heavy atom. The largest absolute Gasteiger partial charge is 0.497 e. The SMILES string of the molecule is COc1ccc(CC[C@H]2CN(C3=Nc4ccccc4Nc4sc(C(C)C)nc43)CCN2)cc1.[HH]. The minimum atomic E-state index is 0. The van der Waals surface area contributed by atoms with E-state index in [-0.39, 0.29) is 1.43 Å². The Hall–Kier alpha value is -2.90. The lowest BCUT2D eigenvalue weighted by atomic mass is 10.0. The van der Waals surface area contributed by atoms with Crippen molar-refractivity contribution in [2.45, 2.75) is 38.6 Å². The van der Waals surface area contributed by atoms with Gasteiger partial charge in [-0.3, -0.25) is 0 Å². The van der Waals surface area contributed by atoms with Gasteiger partial charge in [-0.1, -0.05) is 38.1 Å². The van der Waals surface area contributed by atoms with Gasteiger partial charge in [0.25, 0.3) is 0 Å². The number of anilines is 2. The number of hydrogen-bond donors (Lipinski definition) is 2. The number of piperazine rings is 1. The topological polar surface area (TPSA) is 61.8 Å². The molecule has 0 radical (unpaired) electrons. The summed E-state index contributed by atoms with van der Waals surface area (Å²) in [4.78, 5) is 12.6. The number of amidine groups is 1. The van der Waals surface area contributed by atoms with E-state index in [1.54, 1.807) is 18.4 Å². The van der Waals surface area contributed by atoms with Crippen LogP contribution in [0.3, 0.4) is 0 Å². The second-order valence-corrected chi connectivity index (χ2v) is 9.98. The van der Waals surface area contributed by atoms with Crippen LogP contribution in [-0.2, 0) is 6.42 Å². The molecule has 3 aromatic rings. The van der Waals surface area contributed by atoms with Crippen LogP contribution in [0.4, 0.5) is 16.4 Å². The van der Waals surface area contributed by atoms with E-state index in [1.165, 1.54) is 5.56 Å². The third kappa shape index (κ3) is 4.75. The lowest BCUT2D eigenvalue weighted by Crippen LogP contribution is -2.53. The molecule has 33 heavy (non-hydrogen) atoms. The van der Waals surface area contributed by atoms with Crippen LogP contribution in [0.2, 0.25) is 0 Å². The second kappa shape index (κ2) is 9.53. The molecule has 0 bridgehead atoms. The van der Waals surface area contributed by atoms with Crippen LogP contribution in [0.5, 0.6) is 5.75 Å². The molecular weight excluding hydrogens is 430 g/mol. The summed E-state index contributed by atoms with van der Waals surface area (Å²) in [6.07, 6.45) is 2.11. The first-order valence-corrected chi connectivity index (χ1v) is 12.5. The first-order valence-electron chi connectivity index (χ1n) is 11.7. The van der Waals surface area contributed by atoms with E-state index >= 15 is 0 Å². The number of aromatic nitrogens is 1. The van der Waals surface area contributed by atoms with E-state index in [1.807, 2.05) is 18.2 Å². The van der Waals surface area contributed by atoms with Crippen LogP contribution in [0.15, 0.2) is 53.5 Å². The molecule has 0 spiro atoms. The number of methoxy groups -OCH3 is 1. The average molecular weight is 464 g/mol. The summed E-state index contributed by atoms with van der Waals surface area (Å²) in [7, 11) is 1.71. The van der Waals surface area contributed by atoms with Gasteiger partial charge in [0.1, 0.15) is 16.4 Å². The van der Waals surface area contributed by atoms with Crippen molar-refractivity contribution in [1.29, 1.82) is 0 Å². The highest BCUT2D eigenvalue weighted by Gasteiger charge is 2.29. The summed E-state index contributed by atoms with van der Waals surface area (Å²) in [5.74, 6) is 2.28. The number of benzene rings is 2. The summed E-state index contributed by atoms with van der Waals surface area (Å²) < 4.78 is 5.28. The standard InChI is InChI=1S/C26H31N5OS.H2/c1-17(2)25-30-23-24(28-21-6-4-5-7-22(21)29-26(23)33-25)31-15-14-27-19(16-31)11-8-18-9-12-20(32-3)13-10-18;/h4-7,9-10,12-13,17,19,27,29H,8,11,14-16H2,1-3H3;1H/t19-;/m0./s1. The Morgan fingerprint density at radius 3 is 2.79 bits per heavy atom. The molecule has 1 atom stereocenters. The molecule has 174 valence electrons. The van der Waals surface area contributed by atoms with Crippen molar-refractivity contribution in [3.05, 3.63) is 64.8 Å². The van der Waals surface area contributed by atoms with E-state index in [0.29, 0.717) is 12.0 Å². The minimum Gasteiger partial charge on any atom is -0.497 e. The number of nitrogens with one attached hydrogen (secondary N) is 2. The molecule has 0 unspecified atom stereocenters. The van der Waals surface area contributed by atoms with Gasteiger partial charge < -0.3 is 20.3 Å². The van der Waals surface area contributed by atoms with Crippen molar-refractivity contribution in [1.82, 2.24) is 15.2 Å². The van der Waals surface area contributed by atoms with Crippen molar-refractivity contribution in [3.63, 3.8) is 0 Å². The van der Waals surface area contributed by atoms with Gasteiger partial charge in [-0.25, -0.2) is 9.98 Å². The van der Waals surface area contributed by atoms with Gasteiger partial charge in [0.05, 0.1) is 23.5 Å². The van der Waals surface area contributed by atoms with Crippen LogP contribution in [0.25, 0.3) is 0 Å². The molecule has 1 fully saturated rings. The van der Waals surface area contributed by atoms with Gasteiger partial charge >= 0.3 is 0 Å². The molecule has 2 N–H and O–H groups in total. The number of fused-ring (bicyclic) bond motifs is 2. The minimum absolute atomic E-state index is 0. The number of para-hydroxylation sites is 2. The molecule has 0 saturated carbocycles. The van der Waals surface area contributed by atoms with Crippen molar-refractivity contribution >= 4 is 33.5 Å². The van der Waals surface area contributed by atoms with Gasteiger partial charge in [-0.2, -0.15) is 0 Å². The number of aryl methyl sites for hydroxylation is 1. The van der Waals surface area contributed by atoms with Crippen molar-refractivity contribution in [2.75, 3.05) is 32.1 Å². The van der Waals surface area contributed by atoms with Crippen LogP contribution in [0, 0.1) is 0 Å². The van der Waals surface area contributed by atoms with Crippen molar-refractivity contribution in [3.8, 4) is 5.75 Å². The Bertz CT molecular complexity index is 1140. The quantitative estimate of drug-likeness (QED) is 0.518. The van der Waals surface area contributed by atoms with Crippen LogP contribution >= 0.6 is 11.3 Å². The van der Waals surface area contributed by atoms with Gasteiger partial charge in [0.15, 0.2) is 5.84 Å². The molecule has 5 rings (SSSR count). The first-order chi connectivity index (χ1) is 16.1. The van der Waals surface area contributed by atoms with E-state index < -0.39 is 0 Å². The lowest BCUT2D eigenvalue weighted by Gasteiger charge is -2.35. The summed E-state index contributed by atoms with van der Waals surface area (Å²) >= 11 is 1.74. The summed E-state index contributed by atoms with van der Waals surface area (Å²) in [5, 5.41) is 9.55. The summed E-state index contributed by atoms with van der Waals surface area (Å²) in [6, 6.07) is 17.1. The fourth-order valence-corrected chi connectivity index (χ4v) is 5.33. The summed E-state index contributed by atoms with van der Waals surface area (Å²) in [6.45, 7) is 7.18. The first kappa shape index (κ1) is 21.9. The maximum absolute atomic E-state index is 5.28. The van der Waals surface area contributed by atoms with Gasteiger partial charge in [0, 0.05) is 33.0 Å². The Kier molecular flexibility index (Phi) is 6.33. The number of rotatable bonds is 5. The Morgan fingerprint density at radius 1 is 1.18 bits per heavy atom. The van der Waals surface area contributed by atoms with Crippen molar-refractivity contribution < 1.29 is 6.16 Å². The van der Waals surface area contributed by atoms with Crippen molar-refractivity contribution in [2.24, 2.45) is 4.99 Å². The normalized spacial score (nSPS) is 17.6. The smallest absolute Gasteiger partial charge is 0.158 e. The molecule has 1 saturated heterocycles. The van der Waals surface area contributed by atoms with E-state index in [9.17, 15) is 0 Å². The zero-order chi connectivity index (χ0) is 22.8. The monoisotopic (exact) mass is 463 g/mol. The number of ether oxygens (including phenoxy) is 1. The van der Waals surface area contributed by atoms with Crippen LogP contribution in [0.1, 0.15) is 43.9 Å². The number of aliphatic imine (C=N–C) groups is 1. The zero-order valence-corrected chi connectivity index (χ0v) is 20.3. The maximum Gasteiger partial charge on any atom is 0.158 e. The second-order valence-electron chi connectivity index (χ2n) is 8.95. The molecule has 2 aromatic carbocycles. The van der Waals surface area contributed by atoms with E-state index in [0.717, 1.165) is 71.1 Å². The molecule has 2 aliphatic rings. The van der Waals surface area contributed by atoms with Crippen LogP contribution in [-0.4, -0.2) is 48.5 Å². The van der Waals surface area contributed by atoms with Gasteiger partial charge in [0.2, 0.25) is 0 Å². The Labute approximate surface area is 201 Å². The van der Waals surface area contributed by atoms with Gasteiger partial charge in [-0.05, 0) is 42.7 Å². The maximum atomic E-state index is 5.28. The average Bonchev–Trinajstić information content (AvgIpc) is 3.20. The third-order valence-electron chi connectivity index (χ3n) is 6.22. The number of hydrogen-bond acceptors (Lipinski definition) is 7. The number of nitrogens with zero attached hydrogens (tertiary/aromatic N) is 3. The van der Waals surface area contributed by atoms with Gasteiger partial charge in [-0.15, -0.1) is 11.3 Å². The third-order valence-corrected chi connectivity index (χ3v) is 7.49. The summed E-state index contributed by atoms with van der Waals surface area (Å²) in [5.41, 5.74) is 4.33. The molecule has 1 aromatic heterocycles. The lowest BCUT2D eigenvalue weighted by molar-refractivity contribution is 0.282. The predicted octanol–water partition coefficient (Wildman–Crippen LogP) is 5.56. The Balaban J connectivity index is 0.00000274. The highest BCUT2D eigenvalue weighted by molar-refractivity contribution is 7.16. The molecule has 0 aliphatic carbocycles. The molecule has 7 heteroatoms. The van der Waals surface area contributed by atoms with Crippen LogP contribution < -0.4 is 15.4 Å². The molecule has 3 heterocycles. The predicted molar refractivity (Wildman–Crippen MR) is 139 cm³/mol. The highest BCUT2D eigenvalue weighted by atomic mass is 32.1. The molecule has 0 amide bonds. The molecular formula is C26H33N5OS. The van der Waals surface area contributed by atoms with E-state index in [2.05, 4.69) is 59.7 Å². The fourth-order valence-electron chi connectivity index (χ4n) is 4.35. The number of thiazole rings is 1. The fraction of sp³-hybridized carbons (Fsp3) is 0.385. The highest BCUT2D eigenvalue weighted by Crippen LogP contribution is 2.39. The zero-order valence-electron chi connectivity index (χ0n) is 19.5. The molecule has 2 aliphatic heterocycles. The van der Waals surface area contributed by atoms with E-state index in [4.69, 9.17) is 14.7 Å². The molecule has 6 nitrogen and oxygen atoms in total.